The van der Waals surface area contributed by atoms with Gasteiger partial charge in [-0.3, -0.25) is 19.8 Å². The van der Waals surface area contributed by atoms with Crippen molar-refractivity contribution in [1.29, 1.82) is 5.41 Å². The number of nitrogens with two attached hydrogens (primary N) is 1. The van der Waals surface area contributed by atoms with Crippen LogP contribution >= 0.6 is 11.3 Å². The highest BCUT2D eigenvalue weighted by Gasteiger charge is 2.33. The molecule has 2 aromatic rings. The SMILES string of the molecule is N=C(N)c1csc(CNC(=O)[C@@H]2CCCN2C(=O)CNC(=O)CCCOc2ccccc2)c1. The molecule has 1 aromatic carbocycles. The Morgan fingerprint density at radius 2 is 2.00 bits per heavy atom. The van der Waals surface area contributed by atoms with Gasteiger partial charge in [0.25, 0.3) is 0 Å². The van der Waals surface area contributed by atoms with Crippen LogP contribution in [0, 0.1) is 5.41 Å². The van der Waals surface area contributed by atoms with Crippen LogP contribution in [0.4, 0.5) is 0 Å². The fourth-order valence-corrected chi connectivity index (χ4v) is 4.37. The third kappa shape index (κ3) is 7.31. The molecule has 1 aliphatic heterocycles. The second-order valence-corrected chi connectivity index (χ2v) is 8.72. The van der Waals surface area contributed by atoms with Crippen molar-refractivity contribution in [2.75, 3.05) is 19.7 Å². The molecule has 1 atom stereocenters. The predicted molar refractivity (Wildman–Crippen MR) is 126 cm³/mol. The van der Waals surface area contributed by atoms with Crippen LogP contribution in [0.15, 0.2) is 41.8 Å². The van der Waals surface area contributed by atoms with Crippen LogP contribution in [0.2, 0.25) is 0 Å². The monoisotopic (exact) mass is 471 g/mol. The summed E-state index contributed by atoms with van der Waals surface area (Å²) in [6.45, 7) is 1.09. The van der Waals surface area contributed by atoms with Gasteiger partial charge in [0.15, 0.2) is 0 Å². The average Bonchev–Trinajstić information content (AvgIpc) is 3.49. The number of ether oxygens (including phenoxy) is 1. The molecule has 0 saturated carbocycles. The van der Waals surface area contributed by atoms with E-state index in [9.17, 15) is 14.4 Å². The Bertz CT molecular complexity index is 978. The minimum absolute atomic E-state index is 0.0119. The van der Waals surface area contributed by atoms with E-state index in [1.54, 1.807) is 11.4 Å². The summed E-state index contributed by atoms with van der Waals surface area (Å²) in [5.74, 6) is 0.0330. The Morgan fingerprint density at radius 1 is 1.21 bits per heavy atom. The van der Waals surface area contributed by atoms with Gasteiger partial charge in [-0.15, -0.1) is 11.3 Å². The number of likely N-dealkylation sites (tertiary alicyclic amines) is 1. The fraction of sp³-hybridized carbons (Fsp3) is 0.391. The van der Waals surface area contributed by atoms with Gasteiger partial charge in [0, 0.05) is 28.8 Å². The first kappa shape index (κ1) is 24.2. The number of carbonyl (C=O) groups is 3. The van der Waals surface area contributed by atoms with Gasteiger partial charge in [-0.05, 0) is 37.5 Å². The smallest absolute Gasteiger partial charge is 0.243 e. The second-order valence-electron chi connectivity index (χ2n) is 7.72. The van der Waals surface area contributed by atoms with Gasteiger partial charge in [0.2, 0.25) is 17.7 Å². The topological polar surface area (TPSA) is 138 Å². The number of rotatable bonds is 11. The van der Waals surface area contributed by atoms with E-state index < -0.39 is 6.04 Å². The van der Waals surface area contributed by atoms with Gasteiger partial charge >= 0.3 is 0 Å². The van der Waals surface area contributed by atoms with Crippen LogP contribution in [0.3, 0.4) is 0 Å². The number of amides is 3. The summed E-state index contributed by atoms with van der Waals surface area (Å²) in [4.78, 5) is 39.7. The van der Waals surface area contributed by atoms with Crippen LogP contribution in [0.5, 0.6) is 5.75 Å². The van der Waals surface area contributed by atoms with Crippen LogP contribution in [-0.2, 0) is 20.9 Å². The molecule has 1 aromatic heterocycles. The van der Waals surface area contributed by atoms with Gasteiger partial charge in [0.05, 0.1) is 19.7 Å². The maximum Gasteiger partial charge on any atom is 0.243 e. The van der Waals surface area contributed by atoms with Gasteiger partial charge in [-0.1, -0.05) is 18.2 Å². The van der Waals surface area contributed by atoms with E-state index in [0.29, 0.717) is 38.1 Å². The minimum Gasteiger partial charge on any atom is -0.494 e. The molecule has 0 bridgehead atoms. The van der Waals surface area contributed by atoms with E-state index in [0.717, 1.165) is 17.0 Å². The molecule has 3 amide bonds. The zero-order valence-electron chi connectivity index (χ0n) is 18.3. The Hall–Kier alpha value is -3.40. The molecule has 176 valence electrons. The Balaban J connectivity index is 1.37. The van der Waals surface area contributed by atoms with Crippen molar-refractivity contribution in [2.24, 2.45) is 5.73 Å². The van der Waals surface area contributed by atoms with Gasteiger partial charge in [-0.2, -0.15) is 0 Å². The number of nitrogens with zero attached hydrogens (tertiary/aromatic N) is 1. The number of nitrogen functional groups attached to an aromatic ring is 1. The molecule has 5 N–H and O–H groups in total. The predicted octanol–water partition coefficient (Wildman–Crippen LogP) is 1.61. The van der Waals surface area contributed by atoms with Crippen LogP contribution in [0.1, 0.15) is 36.1 Å². The number of carbonyl (C=O) groups excluding carboxylic acids is 3. The first-order valence-corrected chi connectivity index (χ1v) is 11.8. The number of hydrogen-bond donors (Lipinski definition) is 4. The average molecular weight is 472 g/mol. The molecule has 0 radical (unpaired) electrons. The quantitative estimate of drug-likeness (QED) is 0.224. The summed E-state index contributed by atoms with van der Waals surface area (Å²) in [5, 5.41) is 14.7. The number of thiophene rings is 1. The molecular formula is C23H29N5O4S. The van der Waals surface area contributed by atoms with Crippen molar-refractivity contribution < 1.29 is 19.1 Å². The molecule has 1 saturated heterocycles. The van der Waals surface area contributed by atoms with Crippen molar-refractivity contribution >= 4 is 34.9 Å². The molecule has 1 aliphatic rings. The third-order valence-electron chi connectivity index (χ3n) is 5.27. The normalized spacial score (nSPS) is 15.2. The van der Waals surface area contributed by atoms with E-state index in [1.807, 2.05) is 30.3 Å². The van der Waals surface area contributed by atoms with E-state index in [-0.39, 0.29) is 36.5 Å². The van der Waals surface area contributed by atoms with Crippen molar-refractivity contribution in [2.45, 2.75) is 38.3 Å². The highest BCUT2D eigenvalue weighted by Crippen LogP contribution is 2.19. The third-order valence-corrected chi connectivity index (χ3v) is 6.21. The minimum atomic E-state index is -0.541. The lowest BCUT2D eigenvalue weighted by Crippen LogP contribution is -2.48. The van der Waals surface area contributed by atoms with Crippen molar-refractivity contribution in [3.63, 3.8) is 0 Å². The molecule has 33 heavy (non-hydrogen) atoms. The lowest BCUT2D eigenvalue weighted by atomic mass is 10.2. The molecule has 3 rings (SSSR count). The summed E-state index contributed by atoms with van der Waals surface area (Å²) in [6, 6.07) is 10.6. The zero-order chi connectivity index (χ0) is 23.6. The first-order chi connectivity index (χ1) is 15.9. The second kappa shape index (κ2) is 12.0. The zero-order valence-corrected chi connectivity index (χ0v) is 19.2. The maximum absolute atomic E-state index is 12.6. The molecular weight excluding hydrogens is 442 g/mol. The Kier molecular flexibility index (Phi) is 8.82. The number of hydrogen-bond acceptors (Lipinski definition) is 6. The number of nitrogens with one attached hydrogen (secondary N) is 3. The highest BCUT2D eigenvalue weighted by molar-refractivity contribution is 7.10. The van der Waals surface area contributed by atoms with Gasteiger partial charge < -0.3 is 26.0 Å². The molecule has 9 nitrogen and oxygen atoms in total. The molecule has 10 heteroatoms. The Morgan fingerprint density at radius 3 is 2.73 bits per heavy atom. The van der Waals surface area contributed by atoms with Crippen molar-refractivity contribution in [3.05, 3.63) is 52.2 Å². The van der Waals surface area contributed by atoms with E-state index in [2.05, 4.69) is 10.6 Å². The summed E-state index contributed by atoms with van der Waals surface area (Å²) in [5.41, 5.74) is 6.09. The summed E-state index contributed by atoms with van der Waals surface area (Å²) >= 11 is 1.41. The van der Waals surface area contributed by atoms with E-state index >= 15 is 0 Å². The number of para-hydroxylation sites is 1. The molecule has 0 aliphatic carbocycles. The van der Waals surface area contributed by atoms with E-state index in [1.165, 1.54) is 16.2 Å². The van der Waals surface area contributed by atoms with Crippen LogP contribution in [0.25, 0.3) is 0 Å². The number of amidine groups is 1. The number of benzene rings is 1. The van der Waals surface area contributed by atoms with Crippen LogP contribution < -0.4 is 21.1 Å². The summed E-state index contributed by atoms with van der Waals surface area (Å²) in [6.07, 6.45) is 2.12. The lowest BCUT2D eigenvalue weighted by Gasteiger charge is -2.24. The fourth-order valence-electron chi connectivity index (χ4n) is 3.55. The first-order valence-electron chi connectivity index (χ1n) is 10.9. The Labute approximate surface area is 196 Å². The molecule has 0 unspecified atom stereocenters. The summed E-state index contributed by atoms with van der Waals surface area (Å²) < 4.78 is 5.56. The van der Waals surface area contributed by atoms with Gasteiger partial charge in [-0.25, -0.2) is 0 Å². The van der Waals surface area contributed by atoms with E-state index in [4.69, 9.17) is 15.9 Å². The highest BCUT2D eigenvalue weighted by atomic mass is 32.1. The van der Waals surface area contributed by atoms with Gasteiger partial charge in [0.1, 0.15) is 17.6 Å². The lowest BCUT2D eigenvalue weighted by molar-refractivity contribution is -0.138. The standard InChI is InChI=1S/C23H29N5O4S/c24-22(25)16-12-18(33-15-16)13-27-23(31)19-8-4-10-28(19)21(30)14-26-20(29)9-5-11-32-17-6-2-1-3-7-17/h1-3,6-7,12,15,19H,4-5,8-11,13-14H2,(H3,24,25)(H,26,29)(H,27,31)/t19-/m0/s1. The molecule has 2 heterocycles. The van der Waals surface area contributed by atoms with Crippen LogP contribution in [-0.4, -0.2) is 54.2 Å². The summed E-state index contributed by atoms with van der Waals surface area (Å²) in [7, 11) is 0. The van der Waals surface area contributed by atoms with Crippen molar-refractivity contribution in [3.8, 4) is 5.75 Å². The maximum atomic E-state index is 12.6. The molecule has 1 fully saturated rings. The molecule has 0 spiro atoms. The largest absolute Gasteiger partial charge is 0.494 e. The van der Waals surface area contributed by atoms with Crippen molar-refractivity contribution in [1.82, 2.24) is 15.5 Å².